The molecule has 130 valence electrons. The van der Waals surface area contributed by atoms with E-state index in [9.17, 15) is 5.11 Å². The number of imidazole rings is 1. The monoisotopic (exact) mass is 339 g/mol. The van der Waals surface area contributed by atoms with Gasteiger partial charge in [-0.2, -0.15) is 0 Å². The van der Waals surface area contributed by atoms with Gasteiger partial charge in [-0.15, -0.1) is 5.10 Å². The molecule has 0 saturated carbocycles. The molecule has 7 heteroatoms. The van der Waals surface area contributed by atoms with Crippen molar-refractivity contribution in [1.82, 2.24) is 24.5 Å². The molecule has 0 spiro atoms. The van der Waals surface area contributed by atoms with E-state index >= 15 is 0 Å². The van der Waals surface area contributed by atoms with E-state index in [1.807, 2.05) is 42.7 Å². The van der Waals surface area contributed by atoms with Crippen LogP contribution < -0.4 is 0 Å². The normalized spacial score (nSPS) is 16.8. The van der Waals surface area contributed by atoms with Crippen molar-refractivity contribution in [1.29, 1.82) is 0 Å². The van der Waals surface area contributed by atoms with Crippen LogP contribution in [0.2, 0.25) is 0 Å². The summed E-state index contributed by atoms with van der Waals surface area (Å²) < 4.78 is 9.25. The van der Waals surface area contributed by atoms with Crippen molar-refractivity contribution in [2.75, 3.05) is 19.8 Å². The van der Waals surface area contributed by atoms with Gasteiger partial charge < -0.3 is 14.4 Å². The van der Waals surface area contributed by atoms with Gasteiger partial charge in [0.05, 0.1) is 18.5 Å². The molecule has 0 amide bonds. The number of aliphatic hydroxyl groups is 1. The average Bonchev–Trinajstić information content (AvgIpc) is 3.32. The Bertz CT molecular complexity index is 821. The lowest BCUT2D eigenvalue weighted by Gasteiger charge is -2.36. The minimum absolute atomic E-state index is 0.144. The fourth-order valence-electron chi connectivity index (χ4n) is 3.28. The molecule has 1 aromatic carbocycles. The summed E-state index contributed by atoms with van der Waals surface area (Å²) in [5.74, 6) is 0.765. The smallest absolute Gasteiger partial charge is 0.162 e. The first-order chi connectivity index (χ1) is 12.3. The molecule has 1 N–H and O–H groups in total. The van der Waals surface area contributed by atoms with Crippen LogP contribution in [0.1, 0.15) is 12.8 Å². The predicted molar refractivity (Wildman–Crippen MR) is 92.2 cm³/mol. The first kappa shape index (κ1) is 16.0. The van der Waals surface area contributed by atoms with Gasteiger partial charge in [0.2, 0.25) is 0 Å². The molecule has 7 nitrogen and oxygen atoms in total. The van der Waals surface area contributed by atoms with Crippen LogP contribution in [0.4, 0.5) is 0 Å². The molecule has 3 heterocycles. The van der Waals surface area contributed by atoms with Crippen molar-refractivity contribution in [3.05, 3.63) is 48.9 Å². The van der Waals surface area contributed by atoms with Crippen LogP contribution in [0.15, 0.2) is 48.9 Å². The van der Waals surface area contributed by atoms with E-state index in [2.05, 4.69) is 19.9 Å². The number of para-hydroxylation sites is 1. The lowest BCUT2D eigenvalue weighted by Crippen LogP contribution is -2.37. The largest absolute Gasteiger partial charge is 0.396 e. The number of rotatable bonds is 5. The minimum Gasteiger partial charge on any atom is -0.396 e. The van der Waals surface area contributed by atoms with Crippen LogP contribution in [0, 0.1) is 5.41 Å². The van der Waals surface area contributed by atoms with Gasteiger partial charge in [0, 0.05) is 37.6 Å². The Kier molecular flexibility index (Phi) is 4.33. The van der Waals surface area contributed by atoms with Gasteiger partial charge in [0.15, 0.2) is 5.82 Å². The van der Waals surface area contributed by atoms with Crippen LogP contribution in [-0.4, -0.2) is 49.5 Å². The highest BCUT2D eigenvalue weighted by Crippen LogP contribution is 2.33. The summed E-state index contributed by atoms with van der Waals surface area (Å²) in [7, 11) is 0. The molecule has 0 bridgehead atoms. The van der Waals surface area contributed by atoms with Gasteiger partial charge in [-0.25, -0.2) is 9.67 Å². The Balaban J connectivity index is 1.61. The number of nitrogens with zero attached hydrogens (tertiary/aromatic N) is 5. The molecule has 1 aliphatic rings. The third kappa shape index (κ3) is 3.20. The molecule has 3 aromatic rings. The number of aliphatic hydroxyl groups excluding tert-OH is 1. The zero-order valence-corrected chi connectivity index (χ0v) is 14.0. The molecular weight excluding hydrogens is 318 g/mol. The third-order valence-corrected chi connectivity index (χ3v) is 4.85. The molecule has 25 heavy (non-hydrogen) atoms. The number of hydrogen-bond donors (Lipinski definition) is 1. The van der Waals surface area contributed by atoms with Gasteiger partial charge in [0.25, 0.3) is 0 Å². The molecule has 0 atom stereocenters. The Morgan fingerprint density at radius 2 is 1.96 bits per heavy atom. The highest BCUT2D eigenvalue weighted by Gasteiger charge is 2.33. The lowest BCUT2D eigenvalue weighted by molar-refractivity contribution is -0.0250. The third-order valence-electron chi connectivity index (χ3n) is 4.85. The van der Waals surface area contributed by atoms with E-state index in [0.717, 1.165) is 24.4 Å². The highest BCUT2D eigenvalue weighted by atomic mass is 16.5. The van der Waals surface area contributed by atoms with Crippen LogP contribution in [0.3, 0.4) is 0 Å². The van der Waals surface area contributed by atoms with Crippen molar-refractivity contribution in [2.24, 2.45) is 5.41 Å². The summed E-state index contributed by atoms with van der Waals surface area (Å²) in [6.45, 7) is 2.22. The molecule has 1 saturated heterocycles. The summed E-state index contributed by atoms with van der Waals surface area (Å²) in [4.78, 5) is 4.46. The standard InChI is InChI=1S/C18H21N5O2/c24-14-18(6-10-25-11-7-18)13-22-9-8-19-17(22)16-12-23(21-20-16)15-4-2-1-3-5-15/h1-5,8-9,12,24H,6-7,10-11,13-14H2. The van der Waals surface area contributed by atoms with Crippen molar-refractivity contribution in [2.45, 2.75) is 19.4 Å². The SMILES string of the molecule is OCC1(Cn2ccnc2-c2cn(-c3ccccc3)nn2)CCOCC1. The summed E-state index contributed by atoms with van der Waals surface area (Å²) in [5, 5.41) is 18.4. The van der Waals surface area contributed by atoms with Gasteiger partial charge >= 0.3 is 0 Å². The van der Waals surface area contributed by atoms with E-state index in [-0.39, 0.29) is 12.0 Å². The van der Waals surface area contributed by atoms with Gasteiger partial charge in [-0.3, -0.25) is 0 Å². The topological polar surface area (TPSA) is 78.0 Å². The maximum atomic E-state index is 9.93. The van der Waals surface area contributed by atoms with E-state index in [1.165, 1.54) is 0 Å². The quantitative estimate of drug-likeness (QED) is 0.768. The number of benzene rings is 1. The highest BCUT2D eigenvalue weighted by molar-refractivity contribution is 5.49. The maximum Gasteiger partial charge on any atom is 0.162 e. The molecule has 2 aromatic heterocycles. The Hall–Kier alpha value is -2.51. The lowest BCUT2D eigenvalue weighted by atomic mass is 9.81. The minimum atomic E-state index is -0.164. The zero-order chi connectivity index (χ0) is 17.1. The average molecular weight is 339 g/mol. The summed E-state index contributed by atoms with van der Waals surface area (Å²) >= 11 is 0. The predicted octanol–water partition coefficient (Wildman–Crippen LogP) is 1.92. The molecule has 0 radical (unpaired) electrons. The molecule has 0 unspecified atom stereocenters. The zero-order valence-electron chi connectivity index (χ0n) is 14.0. The summed E-state index contributed by atoms with van der Waals surface area (Å²) in [5.41, 5.74) is 1.51. The fourth-order valence-corrected chi connectivity index (χ4v) is 3.28. The van der Waals surface area contributed by atoms with Crippen LogP contribution in [0.5, 0.6) is 0 Å². The van der Waals surface area contributed by atoms with E-state index < -0.39 is 0 Å². The Labute approximate surface area is 145 Å². The number of ether oxygens (including phenoxy) is 1. The fraction of sp³-hybridized carbons (Fsp3) is 0.389. The second-order valence-corrected chi connectivity index (χ2v) is 6.53. The van der Waals surface area contributed by atoms with E-state index in [0.29, 0.717) is 25.5 Å². The van der Waals surface area contributed by atoms with Gasteiger partial charge in [-0.05, 0) is 25.0 Å². The second kappa shape index (κ2) is 6.78. The second-order valence-electron chi connectivity index (χ2n) is 6.53. The molecule has 0 aliphatic carbocycles. The summed E-state index contributed by atoms with van der Waals surface area (Å²) in [6.07, 6.45) is 7.27. The first-order valence-electron chi connectivity index (χ1n) is 8.48. The summed E-state index contributed by atoms with van der Waals surface area (Å²) in [6, 6.07) is 9.86. The molecular formula is C18H21N5O2. The molecule has 4 rings (SSSR count). The number of hydrogen-bond acceptors (Lipinski definition) is 5. The maximum absolute atomic E-state index is 9.93. The number of aromatic nitrogens is 5. The van der Waals surface area contributed by atoms with Crippen molar-refractivity contribution in [3.63, 3.8) is 0 Å². The van der Waals surface area contributed by atoms with Crippen molar-refractivity contribution < 1.29 is 9.84 Å². The Morgan fingerprint density at radius 3 is 2.72 bits per heavy atom. The van der Waals surface area contributed by atoms with Crippen molar-refractivity contribution >= 4 is 0 Å². The van der Waals surface area contributed by atoms with Crippen LogP contribution >= 0.6 is 0 Å². The van der Waals surface area contributed by atoms with Gasteiger partial charge in [0.1, 0.15) is 5.69 Å². The van der Waals surface area contributed by atoms with E-state index in [1.54, 1.807) is 10.9 Å². The van der Waals surface area contributed by atoms with Crippen LogP contribution in [0.25, 0.3) is 17.2 Å². The molecule has 1 fully saturated rings. The van der Waals surface area contributed by atoms with Crippen molar-refractivity contribution in [3.8, 4) is 17.2 Å². The van der Waals surface area contributed by atoms with E-state index in [4.69, 9.17) is 4.74 Å². The Morgan fingerprint density at radius 1 is 1.16 bits per heavy atom. The molecule has 1 aliphatic heterocycles. The van der Waals surface area contributed by atoms with Gasteiger partial charge in [-0.1, -0.05) is 23.4 Å². The van der Waals surface area contributed by atoms with Crippen LogP contribution in [-0.2, 0) is 11.3 Å². The first-order valence-corrected chi connectivity index (χ1v) is 8.48.